The van der Waals surface area contributed by atoms with Crippen molar-refractivity contribution in [2.45, 2.75) is 29.0 Å². The van der Waals surface area contributed by atoms with E-state index < -0.39 is 19.9 Å². The Morgan fingerprint density at radius 1 is 1.38 bits per heavy atom. The van der Waals surface area contributed by atoms with Gasteiger partial charge in [0.1, 0.15) is 4.33 Å². The number of rotatable bonds is 4. The Labute approximate surface area is 145 Å². The minimum absolute atomic E-state index is 0.219. The fourth-order valence-electron chi connectivity index (χ4n) is 2.60. The SMILES string of the molecule is C[C@H](NC(=O)[C@]1([S@](C)=O)[C@H](C)C1(Cl)Cl)c1ccc(Br)cc1. The van der Waals surface area contributed by atoms with Crippen molar-refractivity contribution in [1.29, 1.82) is 0 Å². The number of hydrogen-bond donors (Lipinski definition) is 1. The number of halogens is 3. The number of nitrogens with one attached hydrogen (secondary N) is 1. The molecule has 0 aliphatic heterocycles. The van der Waals surface area contributed by atoms with E-state index in [2.05, 4.69) is 21.2 Å². The van der Waals surface area contributed by atoms with Crippen LogP contribution in [0.15, 0.2) is 28.7 Å². The Bertz CT molecular complexity index is 593. The molecular formula is C14H16BrCl2NO2S. The molecule has 1 fully saturated rings. The van der Waals surface area contributed by atoms with Crippen LogP contribution >= 0.6 is 39.1 Å². The first-order valence-electron chi connectivity index (χ1n) is 6.43. The Hall–Kier alpha value is -0.100. The van der Waals surface area contributed by atoms with Gasteiger partial charge in [-0.15, -0.1) is 0 Å². The third-order valence-electron chi connectivity index (χ3n) is 4.07. The summed E-state index contributed by atoms with van der Waals surface area (Å²) in [5.74, 6) is -0.715. The molecule has 4 atom stereocenters. The lowest BCUT2D eigenvalue weighted by molar-refractivity contribution is -0.122. The molecule has 0 bridgehead atoms. The van der Waals surface area contributed by atoms with Crippen LogP contribution in [-0.2, 0) is 15.6 Å². The van der Waals surface area contributed by atoms with E-state index in [1.807, 2.05) is 31.2 Å². The Balaban J connectivity index is 2.18. The van der Waals surface area contributed by atoms with Crippen LogP contribution in [0.2, 0.25) is 0 Å². The van der Waals surface area contributed by atoms with E-state index >= 15 is 0 Å². The molecule has 1 aromatic carbocycles. The third-order valence-corrected chi connectivity index (χ3v) is 7.85. The second-order valence-corrected chi connectivity index (χ2v) is 9.13. The van der Waals surface area contributed by atoms with E-state index in [4.69, 9.17) is 23.2 Å². The Morgan fingerprint density at radius 2 is 1.86 bits per heavy atom. The minimum Gasteiger partial charge on any atom is -0.348 e. The molecule has 1 aromatic rings. The molecule has 1 aliphatic carbocycles. The molecule has 1 aliphatic rings. The van der Waals surface area contributed by atoms with Gasteiger partial charge in [0.15, 0.2) is 4.75 Å². The lowest BCUT2D eigenvalue weighted by atomic mass is 10.1. The molecule has 0 heterocycles. The van der Waals surface area contributed by atoms with Gasteiger partial charge < -0.3 is 5.32 Å². The van der Waals surface area contributed by atoms with E-state index in [0.29, 0.717) is 0 Å². The topological polar surface area (TPSA) is 46.2 Å². The van der Waals surface area contributed by atoms with Crippen molar-refractivity contribution in [2.24, 2.45) is 5.92 Å². The number of carbonyl (C=O) groups is 1. The van der Waals surface area contributed by atoms with E-state index in [-0.39, 0.29) is 17.9 Å². The maximum Gasteiger partial charge on any atom is 0.242 e. The predicted octanol–water partition coefficient (Wildman–Crippen LogP) is 3.57. The van der Waals surface area contributed by atoms with Crippen molar-refractivity contribution in [3.8, 4) is 0 Å². The average Bonchev–Trinajstić information content (AvgIpc) is 2.85. The van der Waals surface area contributed by atoms with Crippen molar-refractivity contribution < 1.29 is 9.00 Å². The third kappa shape index (κ3) is 2.67. The molecule has 0 radical (unpaired) electrons. The van der Waals surface area contributed by atoms with Gasteiger partial charge in [-0.1, -0.05) is 58.2 Å². The van der Waals surface area contributed by atoms with Crippen LogP contribution in [-0.4, -0.2) is 25.5 Å². The standard InChI is InChI=1S/C14H16BrCl2NO2S/c1-8(10-4-6-11(15)7-5-10)18-12(19)13(21(3)20)9(2)14(13,16)17/h4-9H,1-3H3,(H,18,19)/t8-,9-,13+,21-/m0/s1. The number of benzene rings is 1. The van der Waals surface area contributed by atoms with Gasteiger partial charge in [0.25, 0.3) is 0 Å². The maximum absolute atomic E-state index is 12.6. The first-order valence-corrected chi connectivity index (χ1v) is 9.54. The lowest BCUT2D eigenvalue weighted by Crippen LogP contribution is -2.44. The summed E-state index contributed by atoms with van der Waals surface area (Å²) >= 11 is 15.7. The molecule has 0 saturated heterocycles. The number of alkyl halides is 2. The highest BCUT2D eigenvalue weighted by molar-refractivity contribution is 9.10. The van der Waals surface area contributed by atoms with Crippen LogP contribution in [0.5, 0.6) is 0 Å². The average molecular weight is 413 g/mol. The maximum atomic E-state index is 12.6. The fourth-order valence-corrected chi connectivity index (χ4v) is 5.86. The molecule has 0 unspecified atom stereocenters. The normalized spacial score (nSPS) is 29.5. The van der Waals surface area contributed by atoms with Crippen LogP contribution in [0.4, 0.5) is 0 Å². The molecule has 21 heavy (non-hydrogen) atoms. The lowest BCUT2D eigenvalue weighted by Gasteiger charge is -2.20. The summed E-state index contributed by atoms with van der Waals surface area (Å²) < 4.78 is 10.5. The van der Waals surface area contributed by atoms with Crippen molar-refractivity contribution in [1.82, 2.24) is 5.32 Å². The van der Waals surface area contributed by atoms with Crippen molar-refractivity contribution in [2.75, 3.05) is 6.26 Å². The van der Waals surface area contributed by atoms with Gasteiger partial charge in [-0.25, -0.2) is 0 Å². The largest absolute Gasteiger partial charge is 0.348 e. The quantitative estimate of drug-likeness (QED) is 0.768. The van der Waals surface area contributed by atoms with E-state index in [1.54, 1.807) is 6.92 Å². The van der Waals surface area contributed by atoms with E-state index in [1.165, 1.54) is 6.26 Å². The van der Waals surface area contributed by atoms with E-state index in [0.717, 1.165) is 10.0 Å². The molecular weight excluding hydrogens is 397 g/mol. The molecule has 2 rings (SSSR count). The van der Waals surface area contributed by atoms with Crippen molar-refractivity contribution >= 4 is 55.8 Å². The molecule has 7 heteroatoms. The number of hydrogen-bond acceptors (Lipinski definition) is 2. The zero-order valence-electron chi connectivity index (χ0n) is 11.8. The van der Waals surface area contributed by atoms with Gasteiger partial charge >= 0.3 is 0 Å². The zero-order chi connectivity index (χ0) is 16.0. The Morgan fingerprint density at radius 3 is 2.24 bits per heavy atom. The predicted molar refractivity (Wildman–Crippen MR) is 91.1 cm³/mol. The summed E-state index contributed by atoms with van der Waals surface area (Å²) in [6, 6.07) is 7.41. The van der Waals surface area contributed by atoms with Crippen LogP contribution < -0.4 is 5.32 Å². The smallest absolute Gasteiger partial charge is 0.242 e. The summed E-state index contributed by atoms with van der Waals surface area (Å²) in [5.41, 5.74) is 0.951. The van der Waals surface area contributed by atoms with Gasteiger partial charge in [0, 0.05) is 27.4 Å². The highest BCUT2D eigenvalue weighted by Crippen LogP contribution is 2.65. The molecule has 1 N–H and O–H groups in total. The van der Waals surface area contributed by atoms with Gasteiger partial charge in [-0.2, -0.15) is 0 Å². The summed E-state index contributed by atoms with van der Waals surface area (Å²) in [7, 11) is -1.45. The molecule has 0 spiro atoms. The highest BCUT2D eigenvalue weighted by atomic mass is 79.9. The Kier molecular flexibility index (Phi) is 4.80. The zero-order valence-corrected chi connectivity index (χ0v) is 15.7. The highest BCUT2D eigenvalue weighted by Gasteiger charge is 2.81. The van der Waals surface area contributed by atoms with Crippen LogP contribution in [0.1, 0.15) is 25.5 Å². The van der Waals surface area contributed by atoms with Crippen LogP contribution in [0, 0.1) is 5.92 Å². The van der Waals surface area contributed by atoms with Gasteiger partial charge in [-0.05, 0) is 24.6 Å². The molecule has 3 nitrogen and oxygen atoms in total. The monoisotopic (exact) mass is 411 g/mol. The second-order valence-electron chi connectivity index (χ2n) is 5.28. The van der Waals surface area contributed by atoms with Gasteiger partial charge in [0.05, 0.1) is 6.04 Å². The fraction of sp³-hybridized carbons (Fsp3) is 0.500. The number of amides is 1. The summed E-state index contributed by atoms with van der Waals surface area (Å²) in [6.07, 6.45) is 1.47. The summed E-state index contributed by atoms with van der Waals surface area (Å²) in [6.45, 7) is 3.61. The van der Waals surface area contributed by atoms with Gasteiger partial charge in [-0.3, -0.25) is 9.00 Å². The first kappa shape index (κ1) is 17.3. The second kappa shape index (κ2) is 5.84. The minimum atomic E-state index is -1.45. The summed E-state index contributed by atoms with van der Waals surface area (Å²) in [5, 5.41) is 2.87. The molecule has 1 amide bonds. The molecule has 0 aromatic heterocycles. The van der Waals surface area contributed by atoms with Crippen LogP contribution in [0.3, 0.4) is 0 Å². The van der Waals surface area contributed by atoms with Crippen molar-refractivity contribution in [3.05, 3.63) is 34.3 Å². The van der Waals surface area contributed by atoms with Crippen LogP contribution in [0.25, 0.3) is 0 Å². The first-order chi connectivity index (χ1) is 9.65. The van der Waals surface area contributed by atoms with E-state index in [9.17, 15) is 9.00 Å². The molecule has 116 valence electrons. The molecule has 1 saturated carbocycles. The number of carbonyl (C=O) groups excluding carboxylic acids is 1. The summed E-state index contributed by atoms with van der Waals surface area (Å²) in [4.78, 5) is 12.6. The van der Waals surface area contributed by atoms with Gasteiger partial charge in [0.2, 0.25) is 5.91 Å². The van der Waals surface area contributed by atoms with Crippen molar-refractivity contribution in [3.63, 3.8) is 0 Å².